The van der Waals surface area contributed by atoms with E-state index in [0.29, 0.717) is 23.8 Å². The standard InChI is InChI=1S/C20H20N2O3S/c1-3-11-25-17-10-9-14(12-18(17)24-2)20-22-16(13-26-20)19(23)21-15-7-5-4-6-8-15/h4-10,12-13H,3,11H2,1-2H3,(H,21,23). The first-order valence-electron chi connectivity index (χ1n) is 8.34. The van der Waals surface area contributed by atoms with Gasteiger partial charge in [0.25, 0.3) is 5.91 Å². The zero-order chi connectivity index (χ0) is 18.4. The zero-order valence-corrected chi connectivity index (χ0v) is 15.5. The average Bonchev–Trinajstić information content (AvgIpc) is 3.17. The van der Waals surface area contributed by atoms with E-state index in [1.165, 1.54) is 11.3 Å². The van der Waals surface area contributed by atoms with Gasteiger partial charge in [0.15, 0.2) is 11.5 Å². The maximum Gasteiger partial charge on any atom is 0.275 e. The molecule has 0 aliphatic rings. The Kier molecular flexibility index (Phi) is 5.86. The molecular formula is C20H20N2O3S. The topological polar surface area (TPSA) is 60.5 Å². The van der Waals surface area contributed by atoms with Crippen LogP contribution in [0.1, 0.15) is 23.8 Å². The number of methoxy groups -OCH3 is 1. The van der Waals surface area contributed by atoms with Crippen LogP contribution in [0.25, 0.3) is 10.6 Å². The Bertz CT molecular complexity index is 878. The molecule has 0 fully saturated rings. The second kappa shape index (κ2) is 8.49. The van der Waals surface area contributed by atoms with Crippen molar-refractivity contribution in [3.63, 3.8) is 0 Å². The summed E-state index contributed by atoms with van der Waals surface area (Å²) in [5.41, 5.74) is 2.01. The number of nitrogens with zero attached hydrogens (tertiary/aromatic N) is 1. The molecule has 0 aliphatic carbocycles. The lowest BCUT2D eigenvalue weighted by atomic mass is 10.2. The van der Waals surface area contributed by atoms with E-state index < -0.39 is 0 Å². The second-order valence-corrected chi connectivity index (χ2v) is 6.43. The molecule has 0 unspecified atom stereocenters. The van der Waals surface area contributed by atoms with Crippen LogP contribution >= 0.6 is 11.3 Å². The van der Waals surface area contributed by atoms with Gasteiger partial charge in [-0.2, -0.15) is 0 Å². The number of nitrogens with one attached hydrogen (secondary N) is 1. The molecule has 0 aliphatic heterocycles. The first kappa shape index (κ1) is 17.9. The van der Waals surface area contributed by atoms with Crippen molar-refractivity contribution < 1.29 is 14.3 Å². The second-order valence-electron chi connectivity index (χ2n) is 5.57. The number of rotatable bonds is 7. The lowest BCUT2D eigenvalue weighted by molar-refractivity contribution is 0.102. The molecule has 0 saturated heterocycles. The minimum atomic E-state index is -0.228. The Morgan fingerprint density at radius 1 is 1.15 bits per heavy atom. The van der Waals surface area contributed by atoms with Crippen molar-refractivity contribution in [2.45, 2.75) is 13.3 Å². The molecule has 5 nitrogen and oxygen atoms in total. The molecule has 6 heteroatoms. The van der Waals surface area contributed by atoms with E-state index in [1.54, 1.807) is 12.5 Å². The maximum absolute atomic E-state index is 12.3. The van der Waals surface area contributed by atoms with Gasteiger partial charge in [0, 0.05) is 16.6 Å². The number of aromatic nitrogens is 1. The van der Waals surface area contributed by atoms with Gasteiger partial charge < -0.3 is 14.8 Å². The third-order valence-corrected chi connectivity index (χ3v) is 4.53. The molecule has 3 aromatic rings. The van der Waals surface area contributed by atoms with Gasteiger partial charge in [0.05, 0.1) is 13.7 Å². The van der Waals surface area contributed by atoms with Crippen LogP contribution in [0.15, 0.2) is 53.9 Å². The van der Waals surface area contributed by atoms with Gasteiger partial charge in [-0.05, 0) is 36.8 Å². The fourth-order valence-electron chi connectivity index (χ4n) is 2.36. The Hall–Kier alpha value is -2.86. The predicted molar refractivity (Wildman–Crippen MR) is 104 cm³/mol. The van der Waals surface area contributed by atoms with Gasteiger partial charge in [-0.25, -0.2) is 4.98 Å². The van der Waals surface area contributed by atoms with E-state index in [0.717, 1.165) is 22.7 Å². The van der Waals surface area contributed by atoms with Crippen LogP contribution in [0.3, 0.4) is 0 Å². The molecule has 1 N–H and O–H groups in total. The summed E-state index contributed by atoms with van der Waals surface area (Å²) in [6.45, 7) is 2.69. The third-order valence-electron chi connectivity index (χ3n) is 3.64. The molecule has 134 valence electrons. The average molecular weight is 368 g/mol. The maximum atomic E-state index is 12.3. The summed E-state index contributed by atoms with van der Waals surface area (Å²) >= 11 is 1.42. The lowest BCUT2D eigenvalue weighted by Crippen LogP contribution is -2.12. The summed E-state index contributed by atoms with van der Waals surface area (Å²) in [6.07, 6.45) is 0.928. The van der Waals surface area contributed by atoms with Crippen molar-refractivity contribution >= 4 is 22.9 Å². The number of hydrogen-bond donors (Lipinski definition) is 1. The van der Waals surface area contributed by atoms with E-state index in [-0.39, 0.29) is 5.91 Å². The number of thiazole rings is 1. The lowest BCUT2D eigenvalue weighted by Gasteiger charge is -2.10. The fraction of sp³-hybridized carbons (Fsp3) is 0.200. The van der Waals surface area contributed by atoms with E-state index in [1.807, 2.05) is 48.5 Å². The van der Waals surface area contributed by atoms with Gasteiger partial charge in [0.2, 0.25) is 0 Å². The minimum Gasteiger partial charge on any atom is -0.493 e. The van der Waals surface area contributed by atoms with Gasteiger partial charge >= 0.3 is 0 Å². The molecule has 26 heavy (non-hydrogen) atoms. The third kappa shape index (κ3) is 4.21. The summed E-state index contributed by atoms with van der Waals surface area (Å²) in [4.78, 5) is 16.8. The van der Waals surface area contributed by atoms with Crippen molar-refractivity contribution in [3.8, 4) is 22.1 Å². The van der Waals surface area contributed by atoms with Crippen LogP contribution in [0.4, 0.5) is 5.69 Å². The number of carbonyl (C=O) groups is 1. The minimum absolute atomic E-state index is 0.228. The first-order valence-corrected chi connectivity index (χ1v) is 9.22. The number of carbonyl (C=O) groups excluding carboxylic acids is 1. The molecule has 1 aromatic heterocycles. The molecule has 1 heterocycles. The molecule has 1 amide bonds. The van der Waals surface area contributed by atoms with E-state index in [2.05, 4.69) is 17.2 Å². The molecule has 0 saturated carbocycles. The van der Waals surface area contributed by atoms with E-state index >= 15 is 0 Å². The normalized spacial score (nSPS) is 10.4. The highest BCUT2D eigenvalue weighted by Gasteiger charge is 2.14. The number of hydrogen-bond acceptors (Lipinski definition) is 5. The van der Waals surface area contributed by atoms with Crippen LogP contribution in [0, 0.1) is 0 Å². The summed E-state index contributed by atoms with van der Waals surface area (Å²) in [5, 5.41) is 5.34. The Labute approximate surface area is 156 Å². The van der Waals surface area contributed by atoms with Crippen LogP contribution in [0.5, 0.6) is 11.5 Å². The van der Waals surface area contributed by atoms with Gasteiger partial charge in [-0.15, -0.1) is 11.3 Å². The van der Waals surface area contributed by atoms with Crippen molar-refractivity contribution in [1.29, 1.82) is 0 Å². The zero-order valence-electron chi connectivity index (χ0n) is 14.7. The van der Waals surface area contributed by atoms with E-state index in [9.17, 15) is 4.79 Å². The molecule has 0 spiro atoms. The van der Waals surface area contributed by atoms with Gasteiger partial charge in [0.1, 0.15) is 10.7 Å². The molecule has 0 radical (unpaired) electrons. The van der Waals surface area contributed by atoms with Crippen molar-refractivity contribution in [2.24, 2.45) is 0 Å². The van der Waals surface area contributed by atoms with E-state index in [4.69, 9.17) is 9.47 Å². The highest BCUT2D eigenvalue weighted by atomic mass is 32.1. The number of ether oxygens (including phenoxy) is 2. The predicted octanol–water partition coefficient (Wildman–Crippen LogP) is 4.86. The highest BCUT2D eigenvalue weighted by Crippen LogP contribution is 2.34. The quantitative estimate of drug-likeness (QED) is 0.647. The van der Waals surface area contributed by atoms with Crippen LogP contribution < -0.4 is 14.8 Å². The van der Waals surface area contributed by atoms with Crippen LogP contribution in [0.2, 0.25) is 0 Å². The van der Waals surface area contributed by atoms with Gasteiger partial charge in [-0.1, -0.05) is 25.1 Å². The molecule has 0 atom stereocenters. The molecule has 3 rings (SSSR count). The molecule has 2 aromatic carbocycles. The van der Waals surface area contributed by atoms with Crippen molar-refractivity contribution in [3.05, 3.63) is 59.6 Å². The van der Waals surface area contributed by atoms with Crippen molar-refractivity contribution in [2.75, 3.05) is 19.0 Å². The number of amides is 1. The summed E-state index contributed by atoms with van der Waals surface area (Å²) in [6, 6.07) is 15.0. The largest absolute Gasteiger partial charge is 0.493 e. The monoisotopic (exact) mass is 368 g/mol. The van der Waals surface area contributed by atoms with Crippen molar-refractivity contribution in [1.82, 2.24) is 4.98 Å². The highest BCUT2D eigenvalue weighted by molar-refractivity contribution is 7.13. The number of benzene rings is 2. The Morgan fingerprint density at radius 3 is 2.69 bits per heavy atom. The Morgan fingerprint density at radius 2 is 1.96 bits per heavy atom. The number of anilines is 1. The van der Waals surface area contributed by atoms with Crippen LogP contribution in [-0.4, -0.2) is 24.6 Å². The fourth-order valence-corrected chi connectivity index (χ4v) is 3.16. The SMILES string of the molecule is CCCOc1ccc(-c2nc(C(=O)Nc3ccccc3)cs2)cc1OC. The van der Waals surface area contributed by atoms with Crippen LogP contribution in [-0.2, 0) is 0 Å². The Balaban J connectivity index is 1.77. The summed E-state index contributed by atoms with van der Waals surface area (Å²) in [7, 11) is 1.61. The van der Waals surface area contributed by atoms with Gasteiger partial charge in [-0.3, -0.25) is 4.79 Å². The smallest absolute Gasteiger partial charge is 0.275 e. The summed E-state index contributed by atoms with van der Waals surface area (Å²) in [5.74, 6) is 1.13. The summed E-state index contributed by atoms with van der Waals surface area (Å²) < 4.78 is 11.1. The number of para-hydroxylation sites is 1. The first-order chi connectivity index (χ1) is 12.7. The molecular weight excluding hydrogens is 348 g/mol. The molecule has 0 bridgehead atoms.